The average molecular weight is 316 g/mol. The fourth-order valence-corrected chi connectivity index (χ4v) is 2.25. The van der Waals surface area contributed by atoms with Crippen LogP contribution in [0.1, 0.15) is 33.1 Å². The maximum atomic E-state index is 12.5. The summed E-state index contributed by atoms with van der Waals surface area (Å²) in [5.41, 5.74) is 0.827. The lowest BCUT2D eigenvalue weighted by Gasteiger charge is -2.12. The lowest BCUT2D eigenvalue weighted by molar-refractivity contribution is 0.0563. The van der Waals surface area contributed by atoms with Gasteiger partial charge in [-0.25, -0.2) is 4.79 Å². The smallest absolute Gasteiger partial charge is 0.373 e. The molecule has 2 aromatic heterocycles. The molecule has 2 rings (SSSR count). The van der Waals surface area contributed by atoms with Gasteiger partial charge in [0, 0.05) is 18.4 Å². The molecule has 0 radical (unpaired) electrons. The number of rotatable bonds is 5. The van der Waals surface area contributed by atoms with E-state index < -0.39 is 11.5 Å². The molecule has 23 heavy (non-hydrogen) atoms. The number of hydrogen-bond donors (Lipinski definition) is 0. The Kier molecular flexibility index (Phi) is 4.98. The number of furan rings is 1. The van der Waals surface area contributed by atoms with Gasteiger partial charge in [-0.05, 0) is 25.1 Å². The molecule has 7 nitrogen and oxygen atoms in total. The van der Waals surface area contributed by atoms with Gasteiger partial charge in [0.25, 0.3) is 5.56 Å². The van der Waals surface area contributed by atoms with Crippen LogP contribution in [0, 0.1) is 18.3 Å². The lowest BCUT2D eigenvalue weighted by Crippen LogP contribution is -2.26. The normalized spacial score (nSPS) is 10.3. The summed E-state index contributed by atoms with van der Waals surface area (Å²) in [6.07, 6.45) is 0. The molecule has 7 heteroatoms. The molecule has 0 unspecified atom stereocenters. The predicted octanol–water partition coefficient (Wildman–Crippen LogP) is 1.60. The van der Waals surface area contributed by atoms with Crippen molar-refractivity contribution in [2.24, 2.45) is 0 Å². The minimum absolute atomic E-state index is 0.0391. The van der Waals surface area contributed by atoms with E-state index in [4.69, 9.17) is 9.15 Å². The molecule has 0 bridgehead atoms. The average Bonchev–Trinajstić information content (AvgIpc) is 3.00. The van der Waals surface area contributed by atoms with Crippen molar-refractivity contribution in [2.45, 2.75) is 20.1 Å². The van der Waals surface area contributed by atoms with E-state index in [-0.39, 0.29) is 24.5 Å². The number of hydrogen-bond acceptors (Lipinski definition) is 6. The van der Waals surface area contributed by atoms with Crippen LogP contribution in [0.3, 0.4) is 0 Å². The van der Waals surface area contributed by atoms with Crippen molar-refractivity contribution in [1.29, 1.82) is 5.26 Å². The van der Waals surface area contributed by atoms with Crippen molar-refractivity contribution in [3.63, 3.8) is 0 Å². The summed E-state index contributed by atoms with van der Waals surface area (Å²) >= 11 is 0. The van der Waals surface area contributed by atoms with Gasteiger partial charge < -0.3 is 18.5 Å². The van der Waals surface area contributed by atoms with Crippen LogP contribution in [0.5, 0.6) is 0 Å². The van der Waals surface area contributed by atoms with Crippen molar-refractivity contribution in [2.75, 3.05) is 14.2 Å². The predicted molar refractivity (Wildman–Crippen MR) is 80.0 cm³/mol. The number of ether oxygens (including phenoxy) is 2. The van der Waals surface area contributed by atoms with Gasteiger partial charge in [-0.3, -0.25) is 4.79 Å². The van der Waals surface area contributed by atoms with Crippen molar-refractivity contribution >= 4 is 5.97 Å². The number of nitriles is 1. The maximum absolute atomic E-state index is 12.5. The van der Waals surface area contributed by atoms with Crippen LogP contribution in [-0.2, 0) is 22.6 Å². The number of methoxy groups -OCH3 is 2. The first-order valence-corrected chi connectivity index (χ1v) is 6.81. The molecular weight excluding hydrogens is 300 g/mol. The Balaban J connectivity index is 2.41. The van der Waals surface area contributed by atoms with Crippen LogP contribution in [0.2, 0.25) is 0 Å². The Hall–Kier alpha value is -2.85. The second-order valence-corrected chi connectivity index (χ2v) is 4.88. The van der Waals surface area contributed by atoms with E-state index in [0.29, 0.717) is 17.0 Å². The number of carbonyl (C=O) groups is 1. The zero-order valence-corrected chi connectivity index (χ0v) is 13.1. The van der Waals surface area contributed by atoms with E-state index in [0.717, 1.165) is 0 Å². The highest BCUT2D eigenvalue weighted by Gasteiger charge is 2.16. The molecule has 0 spiro atoms. The molecule has 0 fully saturated rings. The molecule has 0 atom stereocenters. The van der Waals surface area contributed by atoms with Gasteiger partial charge in [0.15, 0.2) is 0 Å². The summed E-state index contributed by atoms with van der Waals surface area (Å²) in [4.78, 5) is 23.9. The van der Waals surface area contributed by atoms with Crippen LogP contribution in [0.15, 0.2) is 27.4 Å². The molecule has 0 aromatic carbocycles. The Morgan fingerprint density at radius 1 is 1.39 bits per heavy atom. The maximum Gasteiger partial charge on any atom is 0.373 e. The first-order valence-electron chi connectivity index (χ1n) is 6.81. The molecule has 0 aliphatic heterocycles. The Labute approximate surface area is 132 Å². The minimum atomic E-state index is -0.589. The first kappa shape index (κ1) is 16.5. The minimum Gasteiger partial charge on any atom is -0.463 e. The molecule has 2 heterocycles. The Morgan fingerprint density at radius 3 is 2.74 bits per heavy atom. The topological polar surface area (TPSA) is 94.5 Å². The lowest BCUT2D eigenvalue weighted by atomic mass is 10.1. The summed E-state index contributed by atoms with van der Waals surface area (Å²) < 4.78 is 16.4. The molecule has 0 aliphatic carbocycles. The zero-order chi connectivity index (χ0) is 17.0. The number of aromatic nitrogens is 1. The second-order valence-electron chi connectivity index (χ2n) is 4.88. The van der Waals surface area contributed by atoms with E-state index in [1.54, 1.807) is 19.1 Å². The van der Waals surface area contributed by atoms with Crippen molar-refractivity contribution < 1.29 is 18.7 Å². The second kappa shape index (κ2) is 6.94. The van der Waals surface area contributed by atoms with Gasteiger partial charge >= 0.3 is 5.97 Å². The molecule has 0 aliphatic rings. The number of carbonyl (C=O) groups excluding carboxylic acids is 1. The summed E-state index contributed by atoms with van der Waals surface area (Å²) in [5.74, 6) is -0.114. The monoisotopic (exact) mass is 316 g/mol. The SMILES string of the molecule is COCc1cc(C)n(Cc2ccc(C(=O)OC)o2)c(=O)c1C#N. The van der Waals surface area contributed by atoms with Gasteiger partial charge in [0.05, 0.1) is 20.3 Å². The largest absolute Gasteiger partial charge is 0.463 e. The Morgan fingerprint density at radius 2 is 2.13 bits per heavy atom. The van der Waals surface area contributed by atoms with Crippen molar-refractivity contribution in [3.8, 4) is 6.07 Å². The van der Waals surface area contributed by atoms with Gasteiger partial charge in [-0.1, -0.05) is 0 Å². The molecule has 120 valence electrons. The van der Waals surface area contributed by atoms with Crippen LogP contribution >= 0.6 is 0 Å². The number of nitrogens with zero attached hydrogens (tertiary/aromatic N) is 2. The van der Waals surface area contributed by atoms with Crippen LogP contribution in [-0.4, -0.2) is 24.8 Å². The van der Waals surface area contributed by atoms with E-state index in [1.807, 2.05) is 6.07 Å². The van der Waals surface area contributed by atoms with Crippen LogP contribution in [0.25, 0.3) is 0 Å². The summed E-state index contributed by atoms with van der Waals surface area (Å²) in [5, 5.41) is 9.21. The quantitative estimate of drug-likeness (QED) is 0.778. The fraction of sp³-hybridized carbons (Fsp3) is 0.312. The molecular formula is C16H16N2O5. The van der Waals surface area contributed by atoms with E-state index in [2.05, 4.69) is 4.74 Å². The first-order chi connectivity index (χ1) is 11.0. The highest BCUT2D eigenvalue weighted by atomic mass is 16.5. The van der Waals surface area contributed by atoms with E-state index in [9.17, 15) is 14.9 Å². The number of esters is 1. The summed E-state index contributed by atoms with van der Waals surface area (Å²) in [6, 6.07) is 6.72. The third-order valence-corrected chi connectivity index (χ3v) is 3.36. The number of pyridine rings is 1. The van der Waals surface area contributed by atoms with Crippen molar-refractivity contribution in [3.05, 3.63) is 56.9 Å². The third kappa shape index (κ3) is 3.33. The molecule has 0 N–H and O–H groups in total. The van der Waals surface area contributed by atoms with Crippen molar-refractivity contribution in [1.82, 2.24) is 4.57 Å². The van der Waals surface area contributed by atoms with Crippen LogP contribution in [0.4, 0.5) is 0 Å². The molecule has 0 saturated carbocycles. The third-order valence-electron chi connectivity index (χ3n) is 3.36. The molecule has 2 aromatic rings. The van der Waals surface area contributed by atoms with E-state index >= 15 is 0 Å². The summed E-state index contributed by atoms with van der Waals surface area (Å²) in [7, 11) is 2.76. The van der Waals surface area contributed by atoms with Gasteiger partial charge in [-0.2, -0.15) is 5.26 Å². The standard InChI is InChI=1S/C16H16N2O5/c1-10-6-11(9-21-2)13(7-17)15(19)18(10)8-12-4-5-14(23-12)16(20)22-3/h4-6H,8-9H2,1-3H3. The summed E-state index contributed by atoms with van der Waals surface area (Å²) in [6.45, 7) is 2.06. The number of aryl methyl sites for hydroxylation is 1. The fourth-order valence-electron chi connectivity index (χ4n) is 2.25. The Bertz CT molecular complexity index is 826. The van der Waals surface area contributed by atoms with Gasteiger partial charge in [0.1, 0.15) is 17.4 Å². The molecule has 0 saturated heterocycles. The van der Waals surface area contributed by atoms with Gasteiger partial charge in [0.2, 0.25) is 5.76 Å². The van der Waals surface area contributed by atoms with Gasteiger partial charge in [-0.15, -0.1) is 0 Å². The zero-order valence-electron chi connectivity index (χ0n) is 13.1. The van der Waals surface area contributed by atoms with E-state index in [1.165, 1.54) is 24.9 Å². The van der Waals surface area contributed by atoms with Crippen LogP contribution < -0.4 is 5.56 Å². The molecule has 0 amide bonds. The highest BCUT2D eigenvalue weighted by Crippen LogP contribution is 2.13. The highest BCUT2D eigenvalue weighted by molar-refractivity contribution is 5.86.